The van der Waals surface area contributed by atoms with Crippen LogP contribution in [-0.2, 0) is 13.0 Å². The van der Waals surface area contributed by atoms with Crippen LogP contribution in [0.5, 0.6) is 5.75 Å². The van der Waals surface area contributed by atoms with Gasteiger partial charge in [-0.2, -0.15) is 0 Å². The fraction of sp³-hybridized carbons (Fsp3) is 0.700. The van der Waals surface area contributed by atoms with Gasteiger partial charge in [0.1, 0.15) is 5.75 Å². The number of rotatable bonds is 12. The van der Waals surface area contributed by atoms with Crippen LogP contribution in [0.15, 0.2) is 12.1 Å². The van der Waals surface area contributed by atoms with E-state index in [4.69, 9.17) is 0 Å². The molecule has 0 aliphatic heterocycles. The van der Waals surface area contributed by atoms with Crippen LogP contribution in [0.2, 0.25) is 0 Å². The van der Waals surface area contributed by atoms with E-state index in [1.807, 2.05) is 19.1 Å². The molecule has 0 bridgehead atoms. The lowest BCUT2D eigenvalue weighted by Crippen LogP contribution is -1.93. The third kappa shape index (κ3) is 7.31. The number of unbranched alkanes of at least 4 members (excludes halogenated alkanes) is 9. The average molecular weight is 306 g/mol. The Morgan fingerprint density at radius 1 is 0.818 bits per heavy atom. The predicted octanol–water partition coefficient (Wildman–Crippen LogP) is 5.66. The van der Waals surface area contributed by atoms with Crippen LogP contribution < -0.4 is 0 Å². The Kier molecular flexibility index (Phi) is 9.98. The normalized spacial score (nSPS) is 11.0. The van der Waals surface area contributed by atoms with Crippen molar-refractivity contribution in [1.82, 2.24) is 0 Å². The molecule has 0 atom stereocenters. The molecule has 0 saturated carbocycles. The highest BCUT2D eigenvalue weighted by atomic mass is 16.3. The van der Waals surface area contributed by atoms with Gasteiger partial charge in [0.2, 0.25) is 0 Å². The summed E-state index contributed by atoms with van der Waals surface area (Å²) in [4.78, 5) is 0. The van der Waals surface area contributed by atoms with Crippen molar-refractivity contribution < 1.29 is 10.2 Å². The largest absolute Gasteiger partial charge is 0.507 e. The number of phenols is 1. The third-order valence-corrected chi connectivity index (χ3v) is 4.43. The van der Waals surface area contributed by atoms with Crippen molar-refractivity contribution in [2.75, 3.05) is 0 Å². The lowest BCUT2D eigenvalue weighted by atomic mass is 10.00. The molecule has 126 valence electrons. The maximum absolute atomic E-state index is 9.81. The summed E-state index contributed by atoms with van der Waals surface area (Å²) in [6, 6.07) is 3.98. The highest BCUT2D eigenvalue weighted by Crippen LogP contribution is 2.25. The highest BCUT2D eigenvalue weighted by Gasteiger charge is 2.06. The molecule has 2 nitrogen and oxygen atoms in total. The first-order valence-electron chi connectivity index (χ1n) is 9.11. The lowest BCUT2D eigenvalue weighted by Gasteiger charge is -2.09. The Labute approximate surface area is 136 Å². The first-order chi connectivity index (χ1) is 10.7. The molecule has 2 N–H and O–H groups in total. The fourth-order valence-electron chi connectivity index (χ4n) is 3.01. The van der Waals surface area contributed by atoms with Crippen LogP contribution in [0, 0.1) is 6.92 Å². The van der Waals surface area contributed by atoms with Crippen molar-refractivity contribution in [2.24, 2.45) is 0 Å². The SMILES string of the molecule is CCCCCCCCCCCCc1cc(C)c(O)c(CO)c1. The molecule has 1 aromatic carbocycles. The number of aliphatic hydroxyl groups excluding tert-OH is 1. The van der Waals surface area contributed by atoms with Gasteiger partial charge in [-0.15, -0.1) is 0 Å². The molecule has 0 unspecified atom stereocenters. The molecule has 1 aromatic rings. The van der Waals surface area contributed by atoms with Crippen molar-refractivity contribution in [1.29, 1.82) is 0 Å². The molecule has 0 aliphatic rings. The topological polar surface area (TPSA) is 40.5 Å². The summed E-state index contributed by atoms with van der Waals surface area (Å²) in [6.45, 7) is 4.08. The number of aliphatic hydroxyl groups is 1. The lowest BCUT2D eigenvalue weighted by molar-refractivity contribution is 0.275. The molecule has 0 radical (unpaired) electrons. The number of aromatic hydroxyl groups is 1. The van der Waals surface area contributed by atoms with Crippen LogP contribution >= 0.6 is 0 Å². The number of hydrogen-bond acceptors (Lipinski definition) is 2. The van der Waals surface area contributed by atoms with Crippen LogP contribution in [0.4, 0.5) is 0 Å². The molecule has 0 fully saturated rings. The second-order valence-electron chi connectivity index (χ2n) is 6.51. The van der Waals surface area contributed by atoms with Gasteiger partial charge in [-0.1, -0.05) is 70.8 Å². The molecule has 0 aromatic heterocycles. The second-order valence-corrected chi connectivity index (χ2v) is 6.51. The molecular formula is C20H34O2. The standard InChI is InChI=1S/C20H34O2/c1-3-4-5-6-7-8-9-10-11-12-13-18-14-17(2)20(22)19(15-18)16-21/h14-15,21-22H,3-13,16H2,1-2H3. The van der Waals surface area contributed by atoms with Gasteiger partial charge in [0.15, 0.2) is 0 Å². The Morgan fingerprint density at radius 2 is 1.36 bits per heavy atom. The number of hydrogen-bond donors (Lipinski definition) is 2. The van der Waals surface area contributed by atoms with Crippen LogP contribution in [0.3, 0.4) is 0 Å². The van der Waals surface area contributed by atoms with Gasteiger partial charge in [0, 0.05) is 5.56 Å². The molecule has 1 rings (SSSR count). The van der Waals surface area contributed by atoms with E-state index in [1.54, 1.807) is 0 Å². The summed E-state index contributed by atoms with van der Waals surface area (Å²) in [7, 11) is 0. The summed E-state index contributed by atoms with van der Waals surface area (Å²) < 4.78 is 0. The highest BCUT2D eigenvalue weighted by molar-refractivity contribution is 5.42. The Bertz CT molecular complexity index is 412. The molecule has 22 heavy (non-hydrogen) atoms. The van der Waals surface area contributed by atoms with Crippen LogP contribution in [-0.4, -0.2) is 10.2 Å². The average Bonchev–Trinajstić information content (AvgIpc) is 2.52. The zero-order chi connectivity index (χ0) is 16.2. The van der Waals surface area contributed by atoms with Crippen molar-refractivity contribution >= 4 is 0 Å². The molecule has 0 spiro atoms. The van der Waals surface area contributed by atoms with Crippen molar-refractivity contribution in [3.8, 4) is 5.75 Å². The Morgan fingerprint density at radius 3 is 1.91 bits per heavy atom. The van der Waals surface area contributed by atoms with E-state index >= 15 is 0 Å². The number of benzene rings is 1. The van der Waals surface area contributed by atoms with Crippen molar-refractivity contribution in [3.63, 3.8) is 0 Å². The molecule has 2 heteroatoms. The van der Waals surface area contributed by atoms with Crippen LogP contribution in [0.25, 0.3) is 0 Å². The maximum Gasteiger partial charge on any atom is 0.124 e. The summed E-state index contributed by atoms with van der Waals surface area (Å²) in [5.74, 6) is 0.245. The fourth-order valence-corrected chi connectivity index (χ4v) is 3.01. The molecule has 0 heterocycles. The van der Waals surface area contributed by atoms with Crippen LogP contribution in [0.1, 0.15) is 87.8 Å². The van der Waals surface area contributed by atoms with Gasteiger partial charge in [-0.25, -0.2) is 0 Å². The van der Waals surface area contributed by atoms with E-state index in [0.29, 0.717) is 5.56 Å². The van der Waals surface area contributed by atoms with Gasteiger partial charge in [0.25, 0.3) is 0 Å². The minimum atomic E-state index is -0.0848. The Hall–Kier alpha value is -1.02. The van der Waals surface area contributed by atoms with E-state index < -0.39 is 0 Å². The first-order valence-corrected chi connectivity index (χ1v) is 9.11. The van der Waals surface area contributed by atoms with E-state index in [1.165, 1.54) is 69.8 Å². The van der Waals surface area contributed by atoms with Gasteiger partial charge < -0.3 is 10.2 Å². The molecule has 0 aliphatic carbocycles. The summed E-state index contributed by atoms with van der Waals surface area (Å²) in [5, 5.41) is 19.1. The first kappa shape index (κ1) is 19.0. The van der Waals surface area contributed by atoms with Gasteiger partial charge >= 0.3 is 0 Å². The zero-order valence-corrected chi connectivity index (χ0v) is 14.5. The maximum atomic E-state index is 9.81. The quantitative estimate of drug-likeness (QED) is 0.489. The minimum Gasteiger partial charge on any atom is -0.507 e. The van der Waals surface area contributed by atoms with Crippen molar-refractivity contribution in [3.05, 3.63) is 28.8 Å². The monoisotopic (exact) mass is 306 g/mol. The number of aryl methyl sites for hydroxylation is 2. The van der Waals surface area contributed by atoms with E-state index in [0.717, 1.165) is 12.0 Å². The third-order valence-electron chi connectivity index (χ3n) is 4.43. The predicted molar refractivity (Wildman–Crippen MR) is 94.3 cm³/mol. The Balaban J connectivity index is 2.11. The molecular weight excluding hydrogens is 272 g/mol. The van der Waals surface area contributed by atoms with E-state index in [-0.39, 0.29) is 12.4 Å². The smallest absolute Gasteiger partial charge is 0.124 e. The summed E-state index contributed by atoms with van der Waals surface area (Å²) in [5.41, 5.74) is 2.76. The molecule has 0 saturated heterocycles. The van der Waals surface area contributed by atoms with Crippen molar-refractivity contribution in [2.45, 2.75) is 91.1 Å². The van der Waals surface area contributed by atoms with E-state index in [9.17, 15) is 10.2 Å². The van der Waals surface area contributed by atoms with E-state index in [2.05, 4.69) is 6.92 Å². The van der Waals surface area contributed by atoms with Gasteiger partial charge in [0.05, 0.1) is 6.61 Å². The summed E-state index contributed by atoms with van der Waals surface area (Å²) >= 11 is 0. The molecule has 0 amide bonds. The zero-order valence-electron chi connectivity index (χ0n) is 14.5. The summed E-state index contributed by atoms with van der Waals surface area (Å²) in [6.07, 6.45) is 14.5. The van der Waals surface area contributed by atoms with Gasteiger partial charge in [-0.3, -0.25) is 0 Å². The second kappa shape index (κ2) is 11.5. The minimum absolute atomic E-state index is 0.0848. The van der Waals surface area contributed by atoms with Gasteiger partial charge in [-0.05, 0) is 37.0 Å².